The second-order valence-corrected chi connectivity index (χ2v) is 4.47. The zero-order chi connectivity index (χ0) is 14.4. The van der Waals surface area contributed by atoms with E-state index >= 15 is 0 Å². The van der Waals surface area contributed by atoms with Crippen LogP contribution in [0.2, 0.25) is 0 Å². The molecule has 0 radical (unpaired) electrons. The molecule has 0 saturated heterocycles. The quantitative estimate of drug-likeness (QED) is 0.875. The summed E-state index contributed by atoms with van der Waals surface area (Å²) in [7, 11) is 0. The molecule has 2 aromatic rings. The van der Waals surface area contributed by atoms with Crippen LogP contribution in [-0.2, 0) is 6.42 Å². The summed E-state index contributed by atoms with van der Waals surface area (Å²) in [5.74, 6) is -0.197. The SMILES string of the molecule is CCNc1ccc(C(=O)Nc2ccc(CC)cc2)nc1. The number of anilines is 2. The van der Waals surface area contributed by atoms with E-state index in [2.05, 4.69) is 22.5 Å². The number of carbonyl (C=O) groups is 1. The van der Waals surface area contributed by atoms with Gasteiger partial charge in [0, 0.05) is 12.2 Å². The number of pyridine rings is 1. The van der Waals surface area contributed by atoms with Gasteiger partial charge in [-0.3, -0.25) is 4.79 Å². The first-order valence-corrected chi connectivity index (χ1v) is 6.83. The van der Waals surface area contributed by atoms with Crippen LogP contribution in [-0.4, -0.2) is 17.4 Å². The summed E-state index contributed by atoms with van der Waals surface area (Å²) in [6.45, 7) is 4.95. The molecule has 104 valence electrons. The zero-order valence-electron chi connectivity index (χ0n) is 11.8. The Kier molecular flexibility index (Phi) is 4.71. The van der Waals surface area contributed by atoms with Gasteiger partial charge in [0.05, 0.1) is 11.9 Å². The maximum atomic E-state index is 12.0. The number of benzene rings is 1. The molecule has 2 N–H and O–H groups in total. The van der Waals surface area contributed by atoms with E-state index in [9.17, 15) is 4.79 Å². The lowest BCUT2D eigenvalue weighted by molar-refractivity contribution is 0.102. The Balaban J connectivity index is 2.03. The lowest BCUT2D eigenvalue weighted by Gasteiger charge is -2.07. The average Bonchev–Trinajstić information content (AvgIpc) is 2.49. The molecule has 0 aliphatic rings. The number of aryl methyl sites for hydroxylation is 1. The van der Waals surface area contributed by atoms with Crippen molar-refractivity contribution in [2.45, 2.75) is 20.3 Å². The molecule has 0 atom stereocenters. The highest BCUT2D eigenvalue weighted by Crippen LogP contribution is 2.12. The molecular weight excluding hydrogens is 250 g/mol. The van der Waals surface area contributed by atoms with E-state index in [0.29, 0.717) is 5.69 Å². The summed E-state index contributed by atoms with van der Waals surface area (Å²) in [4.78, 5) is 16.2. The second-order valence-electron chi connectivity index (χ2n) is 4.47. The van der Waals surface area contributed by atoms with Gasteiger partial charge < -0.3 is 10.6 Å². The molecule has 0 aliphatic carbocycles. The molecule has 1 aromatic carbocycles. The molecule has 1 aromatic heterocycles. The molecule has 1 amide bonds. The first-order chi connectivity index (χ1) is 9.72. The van der Waals surface area contributed by atoms with E-state index in [0.717, 1.165) is 24.3 Å². The Bertz CT molecular complexity index is 561. The molecule has 4 heteroatoms. The van der Waals surface area contributed by atoms with Crippen LogP contribution in [0.1, 0.15) is 29.9 Å². The van der Waals surface area contributed by atoms with Crippen molar-refractivity contribution < 1.29 is 4.79 Å². The van der Waals surface area contributed by atoms with Crippen LogP contribution in [0.5, 0.6) is 0 Å². The standard InChI is InChI=1S/C16H19N3O/c1-3-12-5-7-13(8-6-12)19-16(20)15-10-9-14(11-18-15)17-4-2/h5-11,17H,3-4H2,1-2H3,(H,19,20). The van der Waals surface area contributed by atoms with Crippen LogP contribution in [0, 0.1) is 0 Å². The first kappa shape index (κ1) is 14.1. The van der Waals surface area contributed by atoms with Crippen LogP contribution in [0.15, 0.2) is 42.6 Å². The van der Waals surface area contributed by atoms with Crippen molar-refractivity contribution in [3.8, 4) is 0 Å². The van der Waals surface area contributed by atoms with Gasteiger partial charge in [0.15, 0.2) is 0 Å². The maximum Gasteiger partial charge on any atom is 0.274 e. The largest absolute Gasteiger partial charge is 0.384 e. The molecule has 0 spiro atoms. The number of hydrogen-bond acceptors (Lipinski definition) is 3. The van der Waals surface area contributed by atoms with Crippen molar-refractivity contribution in [3.63, 3.8) is 0 Å². The highest BCUT2D eigenvalue weighted by Gasteiger charge is 2.07. The predicted octanol–water partition coefficient (Wildman–Crippen LogP) is 3.33. The minimum absolute atomic E-state index is 0.197. The number of aromatic nitrogens is 1. The number of nitrogens with one attached hydrogen (secondary N) is 2. The summed E-state index contributed by atoms with van der Waals surface area (Å²) in [5, 5.41) is 5.98. The minimum Gasteiger partial charge on any atom is -0.384 e. The van der Waals surface area contributed by atoms with Gasteiger partial charge >= 0.3 is 0 Å². The van der Waals surface area contributed by atoms with Gasteiger partial charge in [-0.25, -0.2) is 4.98 Å². The Morgan fingerprint density at radius 2 is 1.75 bits per heavy atom. The van der Waals surface area contributed by atoms with E-state index in [1.165, 1.54) is 5.56 Å². The van der Waals surface area contributed by atoms with E-state index in [1.807, 2.05) is 37.3 Å². The van der Waals surface area contributed by atoms with Crippen LogP contribution < -0.4 is 10.6 Å². The topological polar surface area (TPSA) is 54.0 Å². The lowest BCUT2D eigenvalue weighted by atomic mass is 10.1. The molecule has 0 fully saturated rings. The second kappa shape index (κ2) is 6.70. The third-order valence-electron chi connectivity index (χ3n) is 3.00. The average molecular weight is 269 g/mol. The normalized spacial score (nSPS) is 10.1. The molecule has 0 unspecified atom stereocenters. The Hall–Kier alpha value is -2.36. The van der Waals surface area contributed by atoms with Crippen LogP contribution in [0.3, 0.4) is 0 Å². The van der Waals surface area contributed by atoms with E-state index in [1.54, 1.807) is 12.3 Å². The minimum atomic E-state index is -0.197. The smallest absolute Gasteiger partial charge is 0.274 e. The van der Waals surface area contributed by atoms with Crippen molar-refractivity contribution >= 4 is 17.3 Å². The maximum absolute atomic E-state index is 12.0. The summed E-state index contributed by atoms with van der Waals surface area (Å²) in [6, 6.07) is 11.4. The number of amides is 1. The molecule has 0 aliphatic heterocycles. The van der Waals surface area contributed by atoms with Crippen molar-refractivity contribution in [1.29, 1.82) is 0 Å². The zero-order valence-corrected chi connectivity index (χ0v) is 11.8. The number of hydrogen-bond donors (Lipinski definition) is 2. The number of carbonyl (C=O) groups excluding carboxylic acids is 1. The molecular formula is C16H19N3O. The molecule has 2 rings (SSSR count). The highest BCUT2D eigenvalue weighted by atomic mass is 16.1. The van der Waals surface area contributed by atoms with Crippen molar-refractivity contribution in [2.24, 2.45) is 0 Å². The Morgan fingerprint density at radius 3 is 2.30 bits per heavy atom. The molecule has 0 saturated carbocycles. The van der Waals surface area contributed by atoms with E-state index < -0.39 is 0 Å². The fourth-order valence-electron chi connectivity index (χ4n) is 1.86. The summed E-state index contributed by atoms with van der Waals surface area (Å²) in [5.41, 5.74) is 3.35. The van der Waals surface area contributed by atoms with Crippen molar-refractivity contribution in [1.82, 2.24) is 4.98 Å². The predicted molar refractivity (Wildman–Crippen MR) is 82.2 cm³/mol. The van der Waals surface area contributed by atoms with Crippen LogP contribution in [0.4, 0.5) is 11.4 Å². The van der Waals surface area contributed by atoms with Gasteiger partial charge in [-0.15, -0.1) is 0 Å². The highest BCUT2D eigenvalue weighted by molar-refractivity contribution is 6.02. The van der Waals surface area contributed by atoms with Crippen LogP contribution >= 0.6 is 0 Å². The summed E-state index contributed by atoms with van der Waals surface area (Å²) in [6.07, 6.45) is 2.65. The fourth-order valence-corrected chi connectivity index (χ4v) is 1.86. The fraction of sp³-hybridized carbons (Fsp3) is 0.250. The van der Waals surface area contributed by atoms with Gasteiger partial charge in [-0.2, -0.15) is 0 Å². The molecule has 4 nitrogen and oxygen atoms in total. The number of rotatable bonds is 5. The first-order valence-electron chi connectivity index (χ1n) is 6.83. The van der Waals surface area contributed by atoms with Gasteiger partial charge in [0.1, 0.15) is 5.69 Å². The third kappa shape index (κ3) is 3.57. The summed E-state index contributed by atoms with van der Waals surface area (Å²) >= 11 is 0. The van der Waals surface area contributed by atoms with E-state index in [4.69, 9.17) is 0 Å². The summed E-state index contributed by atoms with van der Waals surface area (Å²) < 4.78 is 0. The Labute approximate surface area is 119 Å². The molecule has 1 heterocycles. The monoisotopic (exact) mass is 269 g/mol. The number of nitrogens with zero attached hydrogens (tertiary/aromatic N) is 1. The van der Waals surface area contributed by atoms with E-state index in [-0.39, 0.29) is 5.91 Å². The van der Waals surface area contributed by atoms with Gasteiger partial charge in [-0.1, -0.05) is 19.1 Å². The van der Waals surface area contributed by atoms with Crippen LogP contribution in [0.25, 0.3) is 0 Å². The molecule has 0 bridgehead atoms. The van der Waals surface area contributed by atoms with Gasteiger partial charge in [0.2, 0.25) is 0 Å². The van der Waals surface area contributed by atoms with Gasteiger partial charge in [0.25, 0.3) is 5.91 Å². The van der Waals surface area contributed by atoms with Crippen molar-refractivity contribution in [2.75, 3.05) is 17.2 Å². The molecule has 20 heavy (non-hydrogen) atoms. The third-order valence-corrected chi connectivity index (χ3v) is 3.00. The Morgan fingerprint density at radius 1 is 1.05 bits per heavy atom. The van der Waals surface area contributed by atoms with Crippen molar-refractivity contribution in [3.05, 3.63) is 53.9 Å². The van der Waals surface area contributed by atoms with Gasteiger partial charge in [-0.05, 0) is 43.2 Å². The lowest BCUT2D eigenvalue weighted by Crippen LogP contribution is -2.13.